The summed E-state index contributed by atoms with van der Waals surface area (Å²) in [4.78, 5) is 19.4. The molecule has 0 N–H and O–H groups in total. The lowest BCUT2D eigenvalue weighted by Crippen LogP contribution is -2.34. The molecule has 27 heavy (non-hydrogen) atoms. The lowest BCUT2D eigenvalue weighted by atomic mass is 9.90. The number of fused-ring (bicyclic) bond motifs is 1. The second kappa shape index (κ2) is 7.41. The zero-order valence-electron chi connectivity index (χ0n) is 15.7. The lowest BCUT2D eigenvalue weighted by molar-refractivity contribution is -0.123. The molecule has 6 heteroatoms. The van der Waals surface area contributed by atoms with Gasteiger partial charge in [-0.15, -0.1) is 0 Å². The molecule has 0 atom stereocenters. The van der Waals surface area contributed by atoms with E-state index in [0.29, 0.717) is 17.2 Å². The summed E-state index contributed by atoms with van der Waals surface area (Å²) in [7, 11) is 3.99. The molecular formula is C21H23ClN4O. The molecule has 1 aromatic carbocycles. The lowest BCUT2D eigenvalue weighted by Gasteiger charge is -2.27. The molecule has 3 aromatic rings. The van der Waals surface area contributed by atoms with Gasteiger partial charge in [0.05, 0.1) is 6.20 Å². The van der Waals surface area contributed by atoms with Crippen LogP contribution in [0.3, 0.4) is 0 Å². The number of piperidine rings is 1. The molecule has 0 saturated carbocycles. The van der Waals surface area contributed by atoms with Gasteiger partial charge in [0, 0.05) is 59.0 Å². The third kappa shape index (κ3) is 3.89. The Balaban J connectivity index is 1.59. The second-order valence-corrected chi connectivity index (χ2v) is 7.89. The van der Waals surface area contributed by atoms with Gasteiger partial charge in [0.2, 0.25) is 0 Å². The quantitative estimate of drug-likeness (QED) is 0.689. The van der Waals surface area contributed by atoms with Crippen LogP contribution >= 0.6 is 11.6 Å². The van der Waals surface area contributed by atoms with Crippen molar-refractivity contribution >= 4 is 28.2 Å². The Bertz CT molecular complexity index is 989. The molecule has 4 rings (SSSR count). The molecule has 1 saturated heterocycles. The summed E-state index contributed by atoms with van der Waals surface area (Å²) >= 11 is 6.46. The van der Waals surface area contributed by atoms with E-state index in [4.69, 9.17) is 11.6 Å². The zero-order valence-corrected chi connectivity index (χ0v) is 16.4. The predicted octanol–water partition coefficient (Wildman–Crippen LogP) is 3.74. The molecule has 0 unspecified atom stereocenters. The van der Waals surface area contributed by atoms with E-state index >= 15 is 0 Å². The maximum Gasteiger partial charge on any atom is 0.142 e. The summed E-state index contributed by atoms with van der Waals surface area (Å²) in [5.41, 5.74) is 2.74. The third-order valence-corrected chi connectivity index (χ3v) is 5.72. The Hall–Kier alpha value is -2.24. The molecule has 1 aliphatic heterocycles. The van der Waals surface area contributed by atoms with Gasteiger partial charge in [-0.05, 0) is 56.6 Å². The number of carbonyl (C=O) groups is 1. The number of aryl methyl sites for hydroxylation is 1. The van der Waals surface area contributed by atoms with Crippen molar-refractivity contribution in [3.05, 3.63) is 47.5 Å². The first kappa shape index (κ1) is 18.1. The monoisotopic (exact) mass is 382 g/mol. The standard InChI is InChI=1S/C21H23ClN4O/c1-25-5-3-14(4-6-25)21(27)10-18-7-15-8-19(17-12-24-26(2)13-17)20(22)9-16(15)11-23-18/h7-9,11-14H,3-6,10H2,1-2H3. The number of benzene rings is 1. The van der Waals surface area contributed by atoms with Crippen molar-refractivity contribution in [2.45, 2.75) is 19.3 Å². The average Bonchev–Trinajstić information content (AvgIpc) is 3.08. The molecule has 0 amide bonds. The zero-order chi connectivity index (χ0) is 19.0. The van der Waals surface area contributed by atoms with Gasteiger partial charge in [-0.2, -0.15) is 5.10 Å². The maximum atomic E-state index is 12.7. The predicted molar refractivity (Wildman–Crippen MR) is 108 cm³/mol. The van der Waals surface area contributed by atoms with Crippen molar-refractivity contribution in [2.75, 3.05) is 20.1 Å². The largest absolute Gasteiger partial charge is 0.306 e. The number of pyridine rings is 1. The molecule has 0 aliphatic carbocycles. The van der Waals surface area contributed by atoms with Crippen LogP contribution in [0.1, 0.15) is 18.5 Å². The van der Waals surface area contributed by atoms with E-state index in [2.05, 4.69) is 28.1 Å². The Morgan fingerprint density at radius 3 is 2.63 bits per heavy atom. The van der Waals surface area contributed by atoms with E-state index in [-0.39, 0.29) is 5.92 Å². The molecule has 1 fully saturated rings. The Morgan fingerprint density at radius 1 is 1.15 bits per heavy atom. The minimum absolute atomic E-state index is 0.162. The van der Waals surface area contributed by atoms with E-state index < -0.39 is 0 Å². The van der Waals surface area contributed by atoms with Crippen LogP contribution in [0.2, 0.25) is 5.02 Å². The van der Waals surface area contributed by atoms with Crippen LogP contribution in [0.25, 0.3) is 21.9 Å². The summed E-state index contributed by atoms with van der Waals surface area (Å²) in [5, 5.41) is 6.92. The van der Waals surface area contributed by atoms with Gasteiger partial charge in [0.1, 0.15) is 5.78 Å². The van der Waals surface area contributed by atoms with Gasteiger partial charge < -0.3 is 4.90 Å². The van der Waals surface area contributed by atoms with Gasteiger partial charge in [0.15, 0.2) is 0 Å². The van der Waals surface area contributed by atoms with Crippen molar-refractivity contribution in [3.8, 4) is 11.1 Å². The highest BCUT2D eigenvalue weighted by molar-refractivity contribution is 6.34. The number of aromatic nitrogens is 3. The van der Waals surface area contributed by atoms with Crippen LogP contribution in [0.4, 0.5) is 0 Å². The van der Waals surface area contributed by atoms with Crippen molar-refractivity contribution < 1.29 is 4.79 Å². The van der Waals surface area contributed by atoms with Crippen LogP contribution in [0.5, 0.6) is 0 Å². The Morgan fingerprint density at radius 2 is 1.93 bits per heavy atom. The Kier molecular flexibility index (Phi) is 4.98. The van der Waals surface area contributed by atoms with Crippen LogP contribution in [0, 0.1) is 5.92 Å². The van der Waals surface area contributed by atoms with Crippen molar-refractivity contribution in [1.29, 1.82) is 0 Å². The average molecular weight is 383 g/mol. The molecule has 0 radical (unpaired) electrons. The van der Waals surface area contributed by atoms with Crippen LogP contribution in [-0.2, 0) is 18.3 Å². The van der Waals surface area contributed by atoms with Crippen molar-refractivity contribution in [2.24, 2.45) is 13.0 Å². The van der Waals surface area contributed by atoms with E-state index in [1.807, 2.05) is 31.6 Å². The normalized spacial score (nSPS) is 16.1. The van der Waals surface area contributed by atoms with Gasteiger partial charge in [0.25, 0.3) is 0 Å². The molecule has 1 aliphatic rings. The number of hydrogen-bond donors (Lipinski definition) is 0. The number of hydrogen-bond acceptors (Lipinski definition) is 4. The molecule has 2 aromatic heterocycles. The molecule has 140 valence electrons. The van der Waals surface area contributed by atoms with E-state index in [9.17, 15) is 4.79 Å². The van der Waals surface area contributed by atoms with Crippen molar-refractivity contribution in [1.82, 2.24) is 19.7 Å². The number of Topliss-reactive ketones (excluding diaryl/α,β-unsaturated/α-hetero) is 1. The third-order valence-electron chi connectivity index (χ3n) is 5.41. The molecule has 5 nitrogen and oxygen atoms in total. The van der Waals surface area contributed by atoms with Gasteiger partial charge in [-0.1, -0.05) is 11.6 Å². The van der Waals surface area contributed by atoms with E-state index in [1.165, 1.54) is 0 Å². The number of halogens is 1. The smallest absolute Gasteiger partial charge is 0.142 e. The SMILES string of the molecule is CN1CCC(C(=O)Cc2cc3cc(-c4cnn(C)c4)c(Cl)cc3cn2)CC1. The fraction of sp³-hybridized carbons (Fsp3) is 0.381. The Labute approximate surface area is 164 Å². The molecular weight excluding hydrogens is 360 g/mol. The molecule has 3 heterocycles. The first-order valence-corrected chi connectivity index (χ1v) is 9.66. The number of likely N-dealkylation sites (tertiary alicyclic amines) is 1. The van der Waals surface area contributed by atoms with Crippen LogP contribution in [0.15, 0.2) is 36.8 Å². The van der Waals surface area contributed by atoms with Gasteiger partial charge >= 0.3 is 0 Å². The maximum absolute atomic E-state index is 12.7. The highest BCUT2D eigenvalue weighted by Crippen LogP contribution is 2.32. The molecule has 0 bridgehead atoms. The van der Waals surface area contributed by atoms with Gasteiger partial charge in [-0.25, -0.2) is 0 Å². The van der Waals surface area contributed by atoms with Crippen LogP contribution in [-0.4, -0.2) is 45.6 Å². The highest BCUT2D eigenvalue weighted by Gasteiger charge is 2.23. The summed E-state index contributed by atoms with van der Waals surface area (Å²) in [5.74, 6) is 0.464. The van der Waals surface area contributed by atoms with Gasteiger partial charge in [-0.3, -0.25) is 14.5 Å². The topological polar surface area (TPSA) is 51.0 Å². The number of ketones is 1. The van der Waals surface area contributed by atoms with E-state index in [0.717, 1.165) is 53.5 Å². The first-order chi connectivity index (χ1) is 13.0. The van der Waals surface area contributed by atoms with Crippen molar-refractivity contribution in [3.63, 3.8) is 0 Å². The number of rotatable bonds is 4. The second-order valence-electron chi connectivity index (χ2n) is 7.48. The summed E-state index contributed by atoms with van der Waals surface area (Å²) < 4.78 is 1.76. The van der Waals surface area contributed by atoms with E-state index in [1.54, 1.807) is 10.9 Å². The summed E-state index contributed by atoms with van der Waals surface area (Å²) in [6.45, 7) is 1.99. The fourth-order valence-electron chi connectivity index (χ4n) is 3.74. The number of nitrogens with zero attached hydrogens (tertiary/aromatic N) is 4. The highest BCUT2D eigenvalue weighted by atomic mass is 35.5. The first-order valence-electron chi connectivity index (χ1n) is 9.28. The summed E-state index contributed by atoms with van der Waals surface area (Å²) in [6.07, 6.45) is 7.85. The van der Waals surface area contributed by atoms with Crippen LogP contribution < -0.4 is 0 Å². The fourth-order valence-corrected chi connectivity index (χ4v) is 4.02. The molecule has 0 spiro atoms. The minimum atomic E-state index is 0.162. The minimum Gasteiger partial charge on any atom is -0.306 e. The summed E-state index contributed by atoms with van der Waals surface area (Å²) in [6, 6.07) is 5.99. The number of carbonyl (C=O) groups excluding carboxylic acids is 1.